The van der Waals surface area contributed by atoms with Crippen molar-refractivity contribution in [2.45, 2.75) is 27.3 Å². The second-order valence-electron chi connectivity index (χ2n) is 8.76. The number of fused-ring (bicyclic) bond motifs is 1. The summed E-state index contributed by atoms with van der Waals surface area (Å²) in [6.07, 6.45) is 0. The van der Waals surface area contributed by atoms with Gasteiger partial charge in [-0.15, -0.1) is 0 Å². The van der Waals surface area contributed by atoms with E-state index in [4.69, 9.17) is 14.2 Å². The molecule has 1 aromatic heterocycles. The molecule has 1 amide bonds. The summed E-state index contributed by atoms with van der Waals surface area (Å²) in [6.45, 7) is 5.98. The number of H-pyrrole nitrogens is 1. The number of hydrogen-bond donors (Lipinski definition) is 1. The number of carbonyl (C=O) groups is 1. The molecule has 0 fully saturated rings. The van der Waals surface area contributed by atoms with Crippen molar-refractivity contribution in [1.82, 2.24) is 4.98 Å². The molecule has 186 valence electrons. The van der Waals surface area contributed by atoms with Crippen LogP contribution < -0.4 is 24.7 Å². The standard InChI is InChI=1S/C29H30N2O5/c1-17-10-11-23(19(3)12-17)31(16-22-13-20-9-7-8-18(2)26(20)30-28(22)32)29(33)21-14-24(34-4)27(36-6)25(15-21)35-5/h7-15H,16H2,1-6H3,(H,30,32). The summed E-state index contributed by atoms with van der Waals surface area (Å²) in [5, 5.41) is 0.908. The van der Waals surface area contributed by atoms with Crippen molar-refractivity contribution in [3.05, 3.63) is 92.8 Å². The number of para-hydroxylation sites is 1. The first-order valence-corrected chi connectivity index (χ1v) is 11.6. The van der Waals surface area contributed by atoms with E-state index in [-0.39, 0.29) is 18.0 Å². The summed E-state index contributed by atoms with van der Waals surface area (Å²) in [6, 6.07) is 16.8. The van der Waals surface area contributed by atoms with Crippen LogP contribution in [0.2, 0.25) is 0 Å². The quantitative estimate of drug-likeness (QED) is 0.382. The second-order valence-corrected chi connectivity index (χ2v) is 8.76. The maximum atomic E-state index is 14.0. The molecule has 0 unspecified atom stereocenters. The molecule has 0 saturated heterocycles. The van der Waals surface area contributed by atoms with Crippen molar-refractivity contribution in [1.29, 1.82) is 0 Å². The molecule has 0 radical (unpaired) electrons. The lowest BCUT2D eigenvalue weighted by molar-refractivity contribution is 0.0984. The van der Waals surface area contributed by atoms with Gasteiger partial charge in [0.15, 0.2) is 11.5 Å². The lowest BCUT2D eigenvalue weighted by Crippen LogP contribution is -2.33. The third kappa shape index (κ3) is 4.64. The van der Waals surface area contributed by atoms with E-state index < -0.39 is 0 Å². The van der Waals surface area contributed by atoms with Crippen molar-refractivity contribution in [3.8, 4) is 17.2 Å². The van der Waals surface area contributed by atoms with Gasteiger partial charge in [-0.2, -0.15) is 0 Å². The van der Waals surface area contributed by atoms with Gasteiger partial charge in [0.05, 0.1) is 33.4 Å². The van der Waals surface area contributed by atoms with E-state index in [9.17, 15) is 9.59 Å². The Labute approximate surface area is 210 Å². The van der Waals surface area contributed by atoms with Gasteiger partial charge < -0.3 is 24.1 Å². The average molecular weight is 487 g/mol. The van der Waals surface area contributed by atoms with Crippen LogP contribution in [-0.2, 0) is 6.54 Å². The van der Waals surface area contributed by atoms with E-state index in [1.807, 2.05) is 63.2 Å². The Bertz CT molecular complexity index is 1480. The van der Waals surface area contributed by atoms with E-state index in [0.29, 0.717) is 34.1 Å². The summed E-state index contributed by atoms with van der Waals surface area (Å²) >= 11 is 0. The summed E-state index contributed by atoms with van der Waals surface area (Å²) in [5.74, 6) is 0.848. The Morgan fingerprint density at radius 2 is 1.56 bits per heavy atom. The molecule has 36 heavy (non-hydrogen) atoms. The first kappa shape index (κ1) is 24.9. The van der Waals surface area contributed by atoms with E-state index in [1.165, 1.54) is 21.3 Å². The number of amides is 1. The molecule has 0 atom stereocenters. The number of nitrogens with zero attached hydrogens (tertiary/aromatic N) is 1. The molecule has 4 aromatic rings. The topological polar surface area (TPSA) is 80.9 Å². The number of nitrogens with one attached hydrogen (secondary N) is 1. The molecular weight excluding hydrogens is 456 g/mol. The number of carbonyl (C=O) groups excluding carboxylic acids is 1. The maximum Gasteiger partial charge on any atom is 0.258 e. The van der Waals surface area contributed by atoms with Crippen LogP contribution in [0.3, 0.4) is 0 Å². The third-order valence-electron chi connectivity index (χ3n) is 6.29. The van der Waals surface area contributed by atoms with Gasteiger partial charge in [0, 0.05) is 16.8 Å². The number of aryl methyl sites for hydroxylation is 3. The lowest BCUT2D eigenvalue weighted by atomic mass is 10.1. The third-order valence-corrected chi connectivity index (χ3v) is 6.29. The summed E-state index contributed by atoms with van der Waals surface area (Å²) in [4.78, 5) is 31.7. The van der Waals surface area contributed by atoms with Crippen molar-refractivity contribution < 1.29 is 19.0 Å². The van der Waals surface area contributed by atoms with E-state index in [1.54, 1.807) is 17.0 Å². The van der Waals surface area contributed by atoms with Crippen molar-refractivity contribution in [2.24, 2.45) is 0 Å². The summed E-state index contributed by atoms with van der Waals surface area (Å²) < 4.78 is 16.3. The zero-order valence-electron chi connectivity index (χ0n) is 21.4. The molecule has 0 aliphatic heterocycles. The number of rotatable bonds is 7. The Hall–Kier alpha value is -4.26. The molecule has 1 N–H and O–H groups in total. The zero-order chi connectivity index (χ0) is 26.0. The molecule has 3 aromatic carbocycles. The average Bonchev–Trinajstić information content (AvgIpc) is 2.87. The maximum absolute atomic E-state index is 14.0. The number of anilines is 1. The van der Waals surface area contributed by atoms with E-state index in [2.05, 4.69) is 4.98 Å². The molecular formula is C29H30N2O5. The van der Waals surface area contributed by atoms with Crippen LogP contribution in [-0.4, -0.2) is 32.2 Å². The van der Waals surface area contributed by atoms with Crippen LogP contribution in [0.1, 0.15) is 32.6 Å². The number of ether oxygens (including phenoxy) is 3. The van der Waals surface area contributed by atoms with Gasteiger partial charge in [0.25, 0.3) is 11.5 Å². The largest absolute Gasteiger partial charge is 0.493 e. The molecule has 0 aliphatic carbocycles. The number of aromatic nitrogens is 1. The molecule has 0 spiro atoms. The molecule has 7 heteroatoms. The minimum atomic E-state index is -0.301. The van der Waals surface area contributed by atoms with Crippen LogP contribution >= 0.6 is 0 Å². The molecule has 1 heterocycles. The summed E-state index contributed by atoms with van der Waals surface area (Å²) in [7, 11) is 4.52. The highest BCUT2D eigenvalue weighted by Gasteiger charge is 2.25. The smallest absolute Gasteiger partial charge is 0.258 e. The number of pyridine rings is 1. The monoisotopic (exact) mass is 486 g/mol. The van der Waals surface area contributed by atoms with Crippen molar-refractivity contribution in [2.75, 3.05) is 26.2 Å². The number of benzene rings is 3. The zero-order valence-corrected chi connectivity index (χ0v) is 21.4. The first-order valence-electron chi connectivity index (χ1n) is 11.6. The van der Waals surface area contributed by atoms with Crippen molar-refractivity contribution >= 4 is 22.5 Å². The van der Waals surface area contributed by atoms with Gasteiger partial charge in [-0.3, -0.25) is 9.59 Å². The predicted molar refractivity (Wildman–Crippen MR) is 142 cm³/mol. The molecule has 0 aliphatic rings. The minimum Gasteiger partial charge on any atom is -0.493 e. The number of aromatic amines is 1. The van der Waals surface area contributed by atoms with Gasteiger partial charge in [0.1, 0.15) is 0 Å². The first-order chi connectivity index (χ1) is 17.3. The molecule has 0 bridgehead atoms. The van der Waals surface area contributed by atoms with Gasteiger partial charge in [-0.25, -0.2) is 0 Å². The fourth-order valence-electron chi connectivity index (χ4n) is 4.45. The van der Waals surface area contributed by atoms with Crippen LogP contribution in [0.5, 0.6) is 17.2 Å². The highest BCUT2D eigenvalue weighted by Crippen LogP contribution is 2.39. The Kier molecular flexibility index (Phi) is 7.01. The van der Waals surface area contributed by atoms with Gasteiger partial charge >= 0.3 is 0 Å². The Morgan fingerprint density at radius 1 is 0.861 bits per heavy atom. The van der Waals surface area contributed by atoms with Crippen LogP contribution in [0.25, 0.3) is 10.9 Å². The van der Waals surface area contributed by atoms with Crippen LogP contribution in [0, 0.1) is 20.8 Å². The minimum absolute atomic E-state index is 0.0820. The number of hydrogen-bond acceptors (Lipinski definition) is 5. The van der Waals surface area contributed by atoms with Gasteiger partial charge in [0.2, 0.25) is 5.75 Å². The lowest BCUT2D eigenvalue weighted by Gasteiger charge is -2.26. The van der Waals surface area contributed by atoms with E-state index >= 15 is 0 Å². The molecule has 0 saturated carbocycles. The highest BCUT2D eigenvalue weighted by molar-refractivity contribution is 6.07. The number of methoxy groups -OCH3 is 3. The predicted octanol–water partition coefficient (Wildman–Crippen LogP) is 5.33. The van der Waals surface area contributed by atoms with Gasteiger partial charge in [-0.05, 0) is 61.5 Å². The second kappa shape index (κ2) is 10.2. The normalized spacial score (nSPS) is 10.8. The van der Waals surface area contributed by atoms with Gasteiger partial charge in [-0.1, -0.05) is 35.9 Å². The fraction of sp³-hybridized carbons (Fsp3) is 0.241. The van der Waals surface area contributed by atoms with Crippen LogP contribution in [0.4, 0.5) is 5.69 Å². The van der Waals surface area contributed by atoms with Crippen molar-refractivity contribution in [3.63, 3.8) is 0 Å². The molecule has 4 rings (SSSR count). The fourth-order valence-corrected chi connectivity index (χ4v) is 4.45. The Morgan fingerprint density at radius 3 is 2.17 bits per heavy atom. The molecule has 7 nitrogen and oxygen atoms in total. The summed E-state index contributed by atoms with van der Waals surface area (Å²) in [5.41, 5.74) is 5.08. The van der Waals surface area contributed by atoms with E-state index in [0.717, 1.165) is 27.6 Å². The van der Waals surface area contributed by atoms with Crippen LogP contribution in [0.15, 0.2) is 59.4 Å². The highest BCUT2D eigenvalue weighted by atomic mass is 16.5. The SMILES string of the molecule is COc1cc(C(=O)N(Cc2cc3cccc(C)c3[nH]c2=O)c2ccc(C)cc2C)cc(OC)c1OC. The Balaban J connectivity index is 1.86.